The van der Waals surface area contributed by atoms with Crippen LogP contribution in [0.4, 0.5) is 4.79 Å². The second-order valence-corrected chi connectivity index (χ2v) is 6.08. The van der Waals surface area contributed by atoms with Crippen LogP contribution in [0.25, 0.3) is 0 Å². The van der Waals surface area contributed by atoms with Crippen molar-refractivity contribution in [3.8, 4) is 0 Å². The van der Waals surface area contributed by atoms with Crippen molar-refractivity contribution < 1.29 is 19.4 Å². The van der Waals surface area contributed by atoms with E-state index in [4.69, 9.17) is 9.47 Å². The summed E-state index contributed by atoms with van der Waals surface area (Å²) in [4.78, 5) is 13.1. The Labute approximate surface area is 139 Å². The lowest BCUT2D eigenvalue weighted by Gasteiger charge is -2.44. The highest BCUT2D eigenvalue weighted by atomic mass is 127. The number of rotatable bonds is 7. The molecule has 0 saturated carbocycles. The molecular weight excluding hydrogens is 385 g/mol. The third-order valence-corrected chi connectivity index (χ3v) is 4.24. The minimum absolute atomic E-state index is 0.0231. The van der Waals surface area contributed by atoms with Crippen LogP contribution in [0.3, 0.4) is 0 Å². The van der Waals surface area contributed by atoms with Gasteiger partial charge in [0, 0.05) is 22.3 Å². The number of ether oxygens (including phenoxy) is 2. The smallest absolute Gasteiger partial charge is 0.410 e. The van der Waals surface area contributed by atoms with Gasteiger partial charge in [-0.25, -0.2) is 4.79 Å². The lowest BCUT2D eigenvalue weighted by atomic mass is 9.96. The highest BCUT2D eigenvalue weighted by molar-refractivity contribution is 14.1. The molecule has 21 heavy (non-hydrogen) atoms. The van der Waals surface area contributed by atoms with Crippen LogP contribution >= 0.6 is 22.6 Å². The molecule has 0 aromatic heterocycles. The maximum Gasteiger partial charge on any atom is 0.410 e. The molecule has 5 nitrogen and oxygen atoms in total. The summed E-state index contributed by atoms with van der Waals surface area (Å²) in [6, 6.07) is 7.42. The van der Waals surface area contributed by atoms with Gasteiger partial charge in [-0.15, -0.1) is 0 Å². The van der Waals surface area contributed by atoms with Crippen molar-refractivity contribution >= 4 is 28.7 Å². The fraction of sp³-hybridized carbons (Fsp3) is 0.533. The van der Waals surface area contributed by atoms with E-state index in [1.165, 1.54) is 12.0 Å². The topological polar surface area (TPSA) is 59.0 Å². The Kier molecular flexibility index (Phi) is 6.89. The number of amides is 1. The molecule has 0 unspecified atom stereocenters. The number of methoxy groups -OCH3 is 1. The van der Waals surface area contributed by atoms with Crippen LogP contribution < -0.4 is 0 Å². The second-order valence-electron chi connectivity index (χ2n) is 4.91. The molecule has 0 spiro atoms. The fourth-order valence-corrected chi connectivity index (χ4v) is 3.28. The number of benzene rings is 1. The fourth-order valence-electron chi connectivity index (χ4n) is 2.47. The Hall–Kier alpha value is -0.860. The lowest BCUT2D eigenvalue weighted by Crippen LogP contribution is -2.54. The maximum absolute atomic E-state index is 11.8. The first-order valence-corrected chi connectivity index (χ1v) is 7.88. The quantitative estimate of drug-likeness (QED) is 0.551. The first kappa shape index (κ1) is 18.2. The van der Waals surface area contributed by atoms with Gasteiger partial charge in [0.25, 0.3) is 0 Å². The molecule has 0 aliphatic carbocycles. The molecule has 0 saturated heterocycles. The summed E-state index contributed by atoms with van der Waals surface area (Å²) in [6.45, 7) is 5.61. The van der Waals surface area contributed by atoms with Gasteiger partial charge in [0.1, 0.15) is 6.79 Å². The number of nitrogens with zero attached hydrogens (tertiary/aromatic N) is 1. The molecule has 118 valence electrons. The lowest BCUT2D eigenvalue weighted by molar-refractivity contribution is -0.209. The predicted octanol–water partition coefficient (Wildman–Crippen LogP) is 3.86. The molecule has 0 heterocycles. The van der Waals surface area contributed by atoms with E-state index in [1.807, 2.05) is 45.0 Å². The van der Waals surface area contributed by atoms with Gasteiger partial charge in [-0.2, -0.15) is 0 Å². The van der Waals surface area contributed by atoms with Crippen molar-refractivity contribution in [2.24, 2.45) is 0 Å². The highest BCUT2D eigenvalue weighted by Crippen LogP contribution is 2.37. The van der Waals surface area contributed by atoms with E-state index >= 15 is 0 Å². The van der Waals surface area contributed by atoms with Crippen LogP contribution in [0, 0.1) is 3.57 Å². The molecule has 1 atom stereocenters. The monoisotopic (exact) mass is 407 g/mol. The second kappa shape index (κ2) is 7.95. The number of carboxylic acid groups (broad SMARTS) is 1. The van der Waals surface area contributed by atoms with Gasteiger partial charge in [0.05, 0.1) is 0 Å². The predicted molar refractivity (Wildman–Crippen MR) is 89.1 cm³/mol. The highest BCUT2D eigenvalue weighted by Gasteiger charge is 2.44. The molecule has 0 fully saturated rings. The van der Waals surface area contributed by atoms with E-state index in [0.29, 0.717) is 6.42 Å². The summed E-state index contributed by atoms with van der Waals surface area (Å²) in [6.07, 6.45) is -0.525. The van der Waals surface area contributed by atoms with Gasteiger partial charge in [-0.05, 0) is 48.9 Å². The summed E-state index contributed by atoms with van der Waals surface area (Å²) in [7, 11) is 1.52. The first-order chi connectivity index (χ1) is 9.90. The van der Waals surface area contributed by atoms with Crippen LogP contribution in [-0.2, 0) is 15.2 Å². The first-order valence-electron chi connectivity index (χ1n) is 6.80. The van der Waals surface area contributed by atoms with Crippen LogP contribution in [0.2, 0.25) is 0 Å². The van der Waals surface area contributed by atoms with E-state index in [1.54, 1.807) is 0 Å². The van der Waals surface area contributed by atoms with E-state index < -0.39 is 11.8 Å². The standard InChI is InChI=1S/C15H22INO4/c1-5-15(21-10-20-4,17(11(2)3)14(18)19)12-8-6-7-9-13(12)16/h6-9,11H,5,10H2,1-4H3,(H,18,19)/t15-/m1/s1. The van der Waals surface area contributed by atoms with Gasteiger partial charge in [-0.1, -0.05) is 25.1 Å². The Bertz CT molecular complexity index is 480. The number of hydrogen-bond acceptors (Lipinski definition) is 3. The maximum atomic E-state index is 11.8. The third-order valence-electron chi connectivity index (χ3n) is 3.30. The largest absolute Gasteiger partial charge is 0.465 e. The molecule has 1 N–H and O–H groups in total. The van der Waals surface area contributed by atoms with Crippen molar-refractivity contribution in [3.63, 3.8) is 0 Å². The van der Waals surface area contributed by atoms with Gasteiger partial charge < -0.3 is 14.6 Å². The Morgan fingerprint density at radius 1 is 1.43 bits per heavy atom. The van der Waals surface area contributed by atoms with Crippen LogP contribution in [0.15, 0.2) is 24.3 Å². The molecule has 1 rings (SSSR count). The molecule has 1 aromatic carbocycles. The number of halogens is 1. The molecular formula is C15H22INO4. The van der Waals surface area contributed by atoms with E-state index in [2.05, 4.69) is 22.6 Å². The van der Waals surface area contributed by atoms with E-state index in [0.717, 1.165) is 9.13 Å². The molecule has 1 aromatic rings. The average Bonchev–Trinajstić information content (AvgIpc) is 2.43. The summed E-state index contributed by atoms with van der Waals surface area (Å²) >= 11 is 2.20. The zero-order valence-corrected chi connectivity index (χ0v) is 15.0. The minimum Gasteiger partial charge on any atom is -0.465 e. The van der Waals surface area contributed by atoms with Crippen molar-refractivity contribution in [2.45, 2.75) is 39.0 Å². The molecule has 6 heteroatoms. The number of hydrogen-bond donors (Lipinski definition) is 1. The molecule has 1 amide bonds. The van der Waals surface area contributed by atoms with Gasteiger partial charge in [0.2, 0.25) is 0 Å². The van der Waals surface area contributed by atoms with E-state index in [-0.39, 0.29) is 12.8 Å². The van der Waals surface area contributed by atoms with E-state index in [9.17, 15) is 9.90 Å². The van der Waals surface area contributed by atoms with Crippen molar-refractivity contribution in [1.82, 2.24) is 4.90 Å². The Balaban J connectivity index is 3.46. The minimum atomic E-state index is -1.06. The molecule has 0 radical (unpaired) electrons. The van der Waals surface area contributed by atoms with Gasteiger partial charge in [0.15, 0.2) is 5.72 Å². The zero-order chi connectivity index (χ0) is 16.0. The summed E-state index contributed by atoms with van der Waals surface area (Å²) in [5.74, 6) is 0. The average molecular weight is 407 g/mol. The van der Waals surface area contributed by atoms with Crippen LogP contribution in [0.5, 0.6) is 0 Å². The van der Waals surface area contributed by atoms with Crippen molar-refractivity contribution in [2.75, 3.05) is 13.9 Å². The molecule has 0 aliphatic rings. The van der Waals surface area contributed by atoms with Gasteiger partial charge >= 0.3 is 6.09 Å². The molecule has 0 aliphatic heterocycles. The zero-order valence-electron chi connectivity index (χ0n) is 12.8. The Morgan fingerprint density at radius 3 is 2.48 bits per heavy atom. The Morgan fingerprint density at radius 2 is 2.05 bits per heavy atom. The normalized spacial score (nSPS) is 14.0. The van der Waals surface area contributed by atoms with Gasteiger partial charge in [-0.3, -0.25) is 4.90 Å². The molecule has 0 bridgehead atoms. The van der Waals surface area contributed by atoms with Crippen molar-refractivity contribution in [3.05, 3.63) is 33.4 Å². The number of carbonyl (C=O) groups is 1. The summed E-state index contributed by atoms with van der Waals surface area (Å²) < 4.78 is 11.9. The SMILES string of the molecule is CC[C@@](OCOC)(c1ccccc1I)N(C(=O)O)C(C)C. The third kappa shape index (κ3) is 3.87. The van der Waals surface area contributed by atoms with Crippen molar-refractivity contribution in [1.29, 1.82) is 0 Å². The summed E-state index contributed by atoms with van der Waals surface area (Å²) in [5.41, 5.74) is -0.227. The van der Waals surface area contributed by atoms with Crippen LogP contribution in [-0.4, -0.2) is 36.0 Å². The summed E-state index contributed by atoms with van der Waals surface area (Å²) in [5, 5.41) is 9.66. The van der Waals surface area contributed by atoms with Crippen LogP contribution in [0.1, 0.15) is 32.8 Å².